The smallest absolute Gasteiger partial charge is 1.00 e. The molecule has 0 unspecified atom stereocenters. The van der Waals surface area contributed by atoms with Crippen molar-refractivity contribution in [3.05, 3.63) is 57.6 Å². The summed E-state index contributed by atoms with van der Waals surface area (Å²) >= 11 is 1.45. The summed E-state index contributed by atoms with van der Waals surface area (Å²) < 4.78 is 0. The van der Waals surface area contributed by atoms with Gasteiger partial charge in [-0.1, -0.05) is 104 Å². The van der Waals surface area contributed by atoms with E-state index in [4.69, 9.17) is 0 Å². The zero-order chi connectivity index (χ0) is 21.8. The van der Waals surface area contributed by atoms with Gasteiger partial charge in [0.1, 0.15) is 0 Å². The van der Waals surface area contributed by atoms with Crippen LogP contribution in [0.15, 0.2) is 24.3 Å². The molecule has 180 valence electrons. The molecule has 0 spiro atoms. The summed E-state index contributed by atoms with van der Waals surface area (Å²) in [5.74, 6) is 0. The molecular weight excluding hydrogens is 614 g/mol. The molecule has 0 atom stereocenters. The van der Waals surface area contributed by atoms with Crippen molar-refractivity contribution >= 4 is 5.49 Å². The van der Waals surface area contributed by atoms with E-state index in [2.05, 4.69) is 51.2 Å². The van der Waals surface area contributed by atoms with Crippen LogP contribution in [0.25, 0.3) is 0 Å². The Morgan fingerprint density at radius 3 is 1.38 bits per heavy atom. The second kappa shape index (κ2) is 18.7. The molecule has 0 saturated heterocycles. The Morgan fingerprint density at radius 2 is 1.06 bits per heavy atom. The first kappa shape index (κ1) is 32.4. The van der Waals surface area contributed by atoms with Gasteiger partial charge in [0.25, 0.3) is 0 Å². The topological polar surface area (TPSA) is 0 Å². The Hall–Kier alpha value is 0.367. The van der Waals surface area contributed by atoms with E-state index in [-0.39, 0.29) is 30.3 Å². The quantitative estimate of drug-likeness (QED) is 0.330. The SMILES string of the molecule is CCCCc1cc2c([cH-]1)CCCC2.CCCCc1cc2c([cH-]1)CCCC2.C[Si](C)=[Hf+2].[Cl-].[Cl-]. The molecule has 0 heterocycles. The van der Waals surface area contributed by atoms with Gasteiger partial charge in [0.2, 0.25) is 0 Å². The minimum Gasteiger partial charge on any atom is -1.00 e. The van der Waals surface area contributed by atoms with E-state index in [1.54, 1.807) is 33.4 Å². The van der Waals surface area contributed by atoms with Gasteiger partial charge in [-0.25, -0.2) is 12.1 Å². The summed E-state index contributed by atoms with van der Waals surface area (Å²) in [7, 11) is 0. The Balaban J connectivity index is 0.000000490. The van der Waals surface area contributed by atoms with E-state index >= 15 is 0 Å². The summed E-state index contributed by atoms with van der Waals surface area (Å²) in [5.41, 5.74) is 10.0. The minimum absolute atomic E-state index is 0. The van der Waals surface area contributed by atoms with E-state index in [0.717, 1.165) is 0 Å². The van der Waals surface area contributed by atoms with Crippen molar-refractivity contribution < 1.29 is 47.8 Å². The average molecular weight is 658 g/mol. The van der Waals surface area contributed by atoms with Gasteiger partial charge in [-0.05, 0) is 0 Å². The summed E-state index contributed by atoms with van der Waals surface area (Å²) in [6.45, 7) is 9.19. The van der Waals surface area contributed by atoms with Gasteiger partial charge in [-0.3, -0.25) is 0 Å². The zero-order valence-corrected chi connectivity index (χ0v) is 27.1. The number of hydrogen-bond acceptors (Lipinski definition) is 0. The van der Waals surface area contributed by atoms with Gasteiger partial charge in [0.05, 0.1) is 0 Å². The maximum absolute atomic E-state index is 2.45. The first-order valence-corrected chi connectivity index (χ1v) is 20.5. The molecule has 2 aromatic rings. The predicted octanol–water partition coefficient (Wildman–Crippen LogP) is 2.05. The van der Waals surface area contributed by atoms with Gasteiger partial charge in [0.15, 0.2) is 0 Å². The molecule has 2 aliphatic carbocycles. The van der Waals surface area contributed by atoms with E-state index in [0.29, 0.717) is 0 Å². The van der Waals surface area contributed by atoms with Gasteiger partial charge < -0.3 is 24.8 Å². The van der Waals surface area contributed by atoms with E-state index in [9.17, 15) is 0 Å². The number of halogens is 2. The van der Waals surface area contributed by atoms with Crippen LogP contribution in [0.2, 0.25) is 13.1 Å². The zero-order valence-electron chi connectivity index (χ0n) is 21.0. The molecule has 2 aromatic carbocycles. The molecule has 0 radical (unpaired) electrons. The van der Waals surface area contributed by atoms with Crippen LogP contribution in [0.4, 0.5) is 0 Å². The van der Waals surface area contributed by atoms with Crippen LogP contribution in [0.5, 0.6) is 0 Å². The fraction of sp³-hybridized carbons (Fsp3) is 0.643. The summed E-state index contributed by atoms with van der Waals surface area (Å²) in [5, 5.41) is 0. The molecular formula is C28H44Cl2HfSi-2. The van der Waals surface area contributed by atoms with Crippen LogP contribution in [0.1, 0.15) is 98.6 Å². The minimum atomic E-state index is 0. The van der Waals surface area contributed by atoms with Crippen molar-refractivity contribution in [3.63, 3.8) is 0 Å². The molecule has 0 fully saturated rings. The van der Waals surface area contributed by atoms with Gasteiger partial charge >= 0.3 is 41.6 Å². The van der Waals surface area contributed by atoms with Gasteiger partial charge in [0, 0.05) is 0 Å². The number of hydrogen-bond donors (Lipinski definition) is 0. The normalized spacial score (nSPS) is 13.7. The van der Waals surface area contributed by atoms with Crippen molar-refractivity contribution in [1.82, 2.24) is 0 Å². The summed E-state index contributed by atoms with van der Waals surface area (Å²) in [4.78, 5) is 0. The van der Waals surface area contributed by atoms with Crippen LogP contribution in [-0.4, -0.2) is 5.49 Å². The van der Waals surface area contributed by atoms with E-state index in [1.165, 1.54) is 113 Å². The molecule has 0 N–H and O–H groups in total. The standard InChI is InChI=1S/2C13H19.C2H6Si.2ClH.Hf/c2*1-2-3-6-11-9-12-7-4-5-8-13(12)10-11;1-3-2;;;/h2*9-10H,2-8H2,1H3;1-2H3;2*1H;/q2*-1;;;;+2/p-2. The molecule has 0 amide bonds. The number of fused-ring (bicyclic) bond motifs is 2. The molecule has 0 bridgehead atoms. The van der Waals surface area contributed by atoms with Gasteiger partial charge in [-0.2, -0.15) is 45.5 Å². The third-order valence-corrected chi connectivity index (χ3v) is 6.19. The van der Waals surface area contributed by atoms with Crippen molar-refractivity contribution in [3.8, 4) is 0 Å². The monoisotopic (exact) mass is 658 g/mol. The van der Waals surface area contributed by atoms with Crippen LogP contribution < -0.4 is 24.8 Å². The summed E-state index contributed by atoms with van der Waals surface area (Å²) in [6.07, 6.45) is 18.9. The average Bonchev–Trinajstić information content (AvgIpc) is 3.33. The van der Waals surface area contributed by atoms with Crippen LogP contribution in [0, 0.1) is 0 Å². The number of unbranched alkanes of at least 4 members (excludes halogenated alkanes) is 2. The van der Waals surface area contributed by atoms with E-state index in [1.807, 2.05) is 0 Å². The largest absolute Gasteiger partial charge is 1.00 e. The second-order valence-corrected chi connectivity index (χ2v) is 22.2. The Kier molecular flexibility index (Phi) is 18.9. The third kappa shape index (κ3) is 12.2. The van der Waals surface area contributed by atoms with Crippen molar-refractivity contribution in [2.24, 2.45) is 0 Å². The van der Waals surface area contributed by atoms with Crippen molar-refractivity contribution in [2.75, 3.05) is 0 Å². The first-order chi connectivity index (χ1) is 14.5. The molecule has 4 rings (SSSR count). The maximum Gasteiger partial charge on any atom is -1.00 e. The maximum atomic E-state index is 2.45. The number of rotatable bonds is 6. The molecule has 0 saturated carbocycles. The van der Waals surface area contributed by atoms with Crippen molar-refractivity contribution in [1.29, 1.82) is 0 Å². The molecule has 2 aliphatic rings. The molecule has 32 heavy (non-hydrogen) atoms. The van der Waals surface area contributed by atoms with Crippen LogP contribution >= 0.6 is 0 Å². The predicted molar refractivity (Wildman–Crippen MR) is 132 cm³/mol. The Labute approximate surface area is 226 Å². The Bertz CT molecular complexity index is 650. The molecule has 4 heteroatoms. The third-order valence-electron chi connectivity index (χ3n) is 6.19. The fourth-order valence-electron chi connectivity index (χ4n) is 4.59. The second-order valence-electron chi connectivity index (χ2n) is 9.45. The molecule has 0 aliphatic heterocycles. The van der Waals surface area contributed by atoms with Crippen LogP contribution in [-0.2, 0) is 61.5 Å². The van der Waals surface area contributed by atoms with Crippen molar-refractivity contribution in [2.45, 2.75) is 117 Å². The first-order valence-electron chi connectivity index (χ1n) is 12.6. The van der Waals surface area contributed by atoms with E-state index < -0.39 is 0 Å². The summed E-state index contributed by atoms with van der Waals surface area (Å²) in [6, 6.07) is 9.79. The van der Waals surface area contributed by atoms with Gasteiger partial charge in [-0.15, -0.1) is 0 Å². The molecule has 0 nitrogen and oxygen atoms in total. The van der Waals surface area contributed by atoms with Crippen LogP contribution in [0.3, 0.4) is 0 Å². The fourth-order valence-corrected chi connectivity index (χ4v) is 4.59. The Morgan fingerprint density at radius 1 is 0.719 bits per heavy atom. The molecule has 0 aromatic heterocycles. The number of aryl methyl sites for hydroxylation is 6.